The molecule has 0 saturated heterocycles. The molecule has 1 amide bonds. The largest absolute Gasteiger partial charge is 0.309 e. The van der Waals surface area contributed by atoms with Gasteiger partial charge in [-0.25, -0.2) is 9.97 Å². The van der Waals surface area contributed by atoms with Gasteiger partial charge < -0.3 is 5.32 Å². The summed E-state index contributed by atoms with van der Waals surface area (Å²) in [6, 6.07) is 11.4. The van der Waals surface area contributed by atoms with Crippen molar-refractivity contribution < 1.29 is 4.79 Å². The summed E-state index contributed by atoms with van der Waals surface area (Å²) in [5, 5.41) is 5.19. The summed E-state index contributed by atoms with van der Waals surface area (Å²) in [7, 11) is 0. The van der Waals surface area contributed by atoms with E-state index in [4.69, 9.17) is 0 Å². The van der Waals surface area contributed by atoms with E-state index >= 15 is 0 Å². The topological polar surface area (TPSA) is 76.9 Å². The van der Waals surface area contributed by atoms with E-state index in [1.807, 2.05) is 31.4 Å². The van der Waals surface area contributed by atoms with Gasteiger partial charge in [0.15, 0.2) is 0 Å². The molecule has 3 heterocycles. The molecule has 0 bridgehead atoms. The zero-order valence-corrected chi connectivity index (χ0v) is 16.3. The molecule has 0 fully saturated rings. The number of carbonyl (C=O) groups is 1. The first-order chi connectivity index (χ1) is 13.5. The molecular weight excluding hydrogens is 372 g/mol. The van der Waals surface area contributed by atoms with E-state index in [0.29, 0.717) is 16.0 Å². The Morgan fingerprint density at radius 1 is 1.14 bits per heavy atom. The first kappa shape index (κ1) is 18.1. The Morgan fingerprint density at radius 3 is 2.75 bits per heavy atom. The van der Waals surface area contributed by atoms with Crippen LogP contribution >= 0.6 is 11.3 Å². The lowest BCUT2D eigenvalue weighted by Crippen LogP contribution is -2.28. The van der Waals surface area contributed by atoms with Crippen LogP contribution in [0.5, 0.6) is 0 Å². The van der Waals surface area contributed by atoms with Crippen LogP contribution in [0.2, 0.25) is 0 Å². The quantitative estimate of drug-likeness (QED) is 0.575. The Hall–Kier alpha value is -3.32. The van der Waals surface area contributed by atoms with Crippen molar-refractivity contribution in [1.29, 1.82) is 0 Å². The zero-order chi connectivity index (χ0) is 19.7. The Kier molecular flexibility index (Phi) is 4.75. The number of anilines is 1. The summed E-state index contributed by atoms with van der Waals surface area (Å²) >= 11 is 1.43. The van der Waals surface area contributed by atoms with Gasteiger partial charge >= 0.3 is 0 Å². The van der Waals surface area contributed by atoms with Gasteiger partial charge in [0.05, 0.1) is 11.7 Å². The Bertz CT molecular complexity index is 1230. The van der Waals surface area contributed by atoms with E-state index in [9.17, 15) is 9.59 Å². The summed E-state index contributed by atoms with van der Waals surface area (Å²) in [6.07, 6.45) is 3.02. The number of hydrogen-bond donors (Lipinski definition) is 1. The number of pyridine rings is 1. The van der Waals surface area contributed by atoms with Gasteiger partial charge in [-0.3, -0.25) is 14.2 Å². The molecule has 28 heavy (non-hydrogen) atoms. The number of hydrogen-bond acceptors (Lipinski definition) is 5. The van der Waals surface area contributed by atoms with E-state index in [1.165, 1.54) is 27.8 Å². The van der Waals surface area contributed by atoms with Crippen molar-refractivity contribution in [1.82, 2.24) is 14.5 Å². The number of aromatic nitrogens is 3. The number of amides is 1. The minimum absolute atomic E-state index is 0.124. The van der Waals surface area contributed by atoms with Gasteiger partial charge in [-0.15, -0.1) is 11.3 Å². The molecule has 4 aromatic rings. The van der Waals surface area contributed by atoms with Gasteiger partial charge in [-0.05, 0) is 37.1 Å². The molecule has 1 N–H and O–H groups in total. The van der Waals surface area contributed by atoms with Crippen LogP contribution in [0.3, 0.4) is 0 Å². The highest BCUT2D eigenvalue weighted by molar-refractivity contribution is 7.17. The first-order valence-electron chi connectivity index (χ1n) is 8.78. The summed E-state index contributed by atoms with van der Waals surface area (Å²) in [5.41, 5.74) is 3.91. The van der Waals surface area contributed by atoms with E-state index in [1.54, 1.807) is 24.4 Å². The molecule has 4 rings (SSSR count). The smallest absolute Gasteiger partial charge is 0.263 e. The second-order valence-corrected chi connectivity index (χ2v) is 7.45. The van der Waals surface area contributed by atoms with Crippen LogP contribution in [0.15, 0.2) is 59.1 Å². The molecule has 0 radical (unpaired) electrons. The molecule has 0 aliphatic rings. The number of rotatable bonds is 4. The summed E-state index contributed by atoms with van der Waals surface area (Å²) in [6.45, 7) is 3.94. The van der Waals surface area contributed by atoms with Crippen LogP contribution in [0, 0.1) is 13.8 Å². The number of fused-ring (bicyclic) bond motifs is 1. The maximum Gasteiger partial charge on any atom is 0.263 e. The molecule has 0 spiro atoms. The molecule has 3 aromatic heterocycles. The zero-order valence-electron chi connectivity index (χ0n) is 15.5. The highest BCUT2D eigenvalue weighted by Gasteiger charge is 2.16. The first-order valence-corrected chi connectivity index (χ1v) is 9.66. The highest BCUT2D eigenvalue weighted by atomic mass is 32.1. The van der Waals surface area contributed by atoms with Crippen molar-refractivity contribution in [2.24, 2.45) is 0 Å². The van der Waals surface area contributed by atoms with Crippen LogP contribution in [-0.2, 0) is 11.3 Å². The van der Waals surface area contributed by atoms with Crippen molar-refractivity contribution in [2.75, 3.05) is 5.32 Å². The Balaban J connectivity index is 1.70. The minimum Gasteiger partial charge on any atom is -0.309 e. The van der Waals surface area contributed by atoms with Gasteiger partial charge in [0, 0.05) is 17.1 Å². The van der Waals surface area contributed by atoms with Crippen LogP contribution in [-0.4, -0.2) is 20.4 Å². The number of nitrogens with zero attached hydrogens (tertiary/aromatic N) is 3. The fraction of sp³-hybridized carbons (Fsp3) is 0.143. The normalized spacial score (nSPS) is 10.9. The Labute approximate surface area is 165 Å². The van der Waals surface area contributed by atoms with Gasteiger partial charge in [-0.2, -0.15) is 0 Å². The maximum atomic E-state index is 13.1. The van der Waals surface area contributed by atoms with Crippen molar-refractivity contribution in [3.63, 3.8) is 0 Å². The number of nitrogens with one attached hydrogen (secondary N) is 1. The summed E-state index contributed by atoms with van der Waals surface area (Å²) in [4.78, 5) is 34.5. The van der Waals surface area contributed by atoms with E-state index in [-0.39, 0.29) is 18.0 Å². The molecule has 0 aliphatic carbocycles. The molecule has 6 nitrogen and oxygen atoms in total. The van der Waals surface area contributed by atoms with Crippen molar-refractivity contribution in [2.45, 2.75) is 20.4 Å². The molecule has 140 valence electrons. The number of aryl methyl sites for hydroxylation is 2. The number of benzene rings is 1. The second kappa shape index (κ2) is 7.36. The fourth-order valence-corrected chi connectivity index (χ4v) is 4.07. The number of thiophene rings is 1. The second-order valence-electron chi connectivity index (χ2n) is 6.59. The lowest BCUT2D eigenvalue weighted by Gasteiger charge is -2.08. The van der Waals surface area contributed by atoms with Crippen molar-refractivity contribution in [3.8, 4) is 11.1 Å². The summed E-state index contributed by atoms with van der Waals surface area (Å²) in [5.74, 6) is 0.117. The average molecular weight is 390 g/mol. The van der Waals surface area contributed by atoms with Gasteiger partial charge in [0.25, 0.3) is 5.56 Å². The molecular formula is C21H18N4O2S. The van der Waals surface area contributed by atoms with Gasteiger partial charge in [0.1, 0.15) is 17.2 Å². The summed E-state index contributed by atoms with van der Waals surface area (Å²) < 4.78 is 1.33. The predicted octanol–water partition coefficient (Wildman–Crippen LogP) is 3.78. The monoisotopic (exact) mass is 390 g/mol. The third kappa shape index (κ3) is 3.44. The third-order valence-electron chi connectivity index (χ3n) is 4.48. The van der Waals surface area contributed by atoms with Gasteiger partial charge in [0.2, 0.25) is 5.91 Å². The Morgan fingerprint density at radius 2 is 2.00 bits per heavy atom. The molecule has 0 atom stereocenters. The third-order valence-corrected chi connectivity index (χ3v) is 5.37. The molecule has 0 saturated carbocycles. The van der Waals surface area contributed by atoms with Crippen LogP contribution in [0.4, 0.5) is 5.82 Å². The lowest BCUT2D eigenvalue weighted by atomic mass is 9.99. The SMILES string of the molecule is Cc1ccc(-c2csc3ncn(CC(=O)Nc4ccccn4)c(=O)c23)c(C)c1. The fourth-order valence-electron chi connectivity index (χ4n) is 3.17. The predicted molar refractivity (Wildman–Crippen MR) is 112 cm³/mol. The maximum absolute atomic E-state index is 13.1. The molecule has 1 aromatic carbocycles. The minimum atomic E-state index is -0.328. The molecule has 7 heteroatoms. The van der Waals surface area contributed by atoms with E-state index < -0.39 is 0 Å². The molecule has 0 unspecified atom stereocenters. The van der Waals surface area contributed by atoms with E-state index in [0.717, 1.165) is 16.7 Å². The van der Waals surface area contributed by atoms with Crippen molar-refractivity contribution >= 4 is 33.3 Å². The lowest BCUT2D eigenvalue weighted by molar-refractivity contribution is -0.116. The van der Waals surface area contributed by atoms with E-state index in [2.05, 4.69) is 21.4 Å². The van der Waals surface area contributed by atoms with Crippen LogP contribution < -0.4 is 10.9 Å². The highest BCUT2D eigenvalue weighted by Crippen LogP contribution is 2.32. The van der Waals surface area contributed by atoms with Crippen LogP contribution in [0.25, 0.3) is 21.3 Å². The van der Waals surface area contributed by atoms with Gasteiger partial charge in [-0.1, -0.05) is 29.8 Å². The average Bonchev–Trinajstić information content (AvgIpc) is 3.09. The van der Waals surface area contributed by atoms with Crippen LogP contribution in [0.1, 0.15) is 11.1 Å². The standard InChI is InChI=1S/C21H18N4O2S/c1-13-6-7-15(14(2)9-13)16-11-28-20-19(16)21(27)25(12-23-20)10-18(26)24-17-5-3-4-8-22-17/h3-9,11-12H,10H2,1-2H3,(H,22,24,26). The van der Waals surface area contributed by atoms with Crippen molar-refractivity contribution in [3.05, 3.63) is 75.8 Å². The molecule has 0 aliphatic heterocycles. The number of carbonyl (C=O) groups excluding carboxylic acids is 1.